The summed E-state index contributed by atoms with van der Waals surface area (Å²) >= 11 is 1.70. The molecule has 0 aromatic carbocycles. The van der Waals surface area contributed by atoms with Crippen LogP contribution in [0.4, 0.5) is 0 Å². The number of thiophene rings is 1. The summed E-state index contributed by atoms with van der Waals surface area (Å²) < 4.78 is 0. The first-order valence-electron chi connectivity index (χ1n) is 5.02. The Kier molecular flexibility index (Phi) is 5.09. The average molecular weight is 198 g/mol. The highest BCUT2D eigenvalue weighted by Gasteiger charge is 2.04. The zero-order valence-electron chi connectivity index (χ0n) is 8.20. The van der Waals surface area contributed by atoms with E-state index in [1.165, 1.54) is 18.4 Å². The number of rotatable bonds is 6. The average Bonchev–Trinajstić information content (AvgIpc) is 2.57. The summed E-state index contributed by atoms with van der Waals surface area (Å²) in [7, 11) is 0. The number of aliphatic hydroxyl groups excluding tert-OH is 1. The van der Waals surface area contributed by atoms with E-state index in [0.29, 0.717) is 0 Å². The second-order valence-electron chi connectivity index (χ2n) is 3.49. The van der Waals surface area contributed by atoms with Gasteiger partial charge in [0.2, 0.25) is 0 Å². The van der Waals surface area contributed by atoms with Gasteiger partial charge in [0.15, 0.2) is 0 Å². The summed E-state index contributed by atoms with van der Waals surface area (Å²) in [5.74, 6) is 0. The molecule has 0 radical (unpaired) electrons. The quantitative estimate of drug-likeness (QED) is 0.696. The number of aliphatic hydroxyl groups is 1. The molecule has 0 aliphatic rings. The lowest BCUT2D eigenvalue weighted by atomic mass is 10.1. The third-order valence-electron chi connectivity index (χ3n) is 2.19. The number of unbranched alkanes of at least 4 members (excludes halogenated alkanes) is 2. The molecule has 0 saturated heterocycles. The van der Waals surface area contributed by atoms with Crippen LogP contribution in [-0.2, 0) is 6.42 Å². The molecule has 0 amide bonds. The zero-order chi connectivity index (χ0) is 9.52. The fraction of sp³-hybridized carbons (Fsp3) is 0.636. The molecule has 13 heavy (non-hydrogen) atoms. The first-order chi connectivity index (χ1) is 6.33. The molecule has 1 unspecified atom stereocenters. The Hall–Kier alpha value is -0.340. The highest BCUT2D eigenvalue weighted by molar-refractivity contribution is 7.07. The molecule has 0 bridgehead atoms. The molecule has 1 heterocycles. The van der Waals surface area contributed by atoms with E-state index < -0.39 is 0 Å². The first kappa shape index (κ1) is 10.7. The van der Waals surface area contributed by atoms with Crippen LogP contribution in [0.3, 0.4) is 0 Å². The van der Waals surface area contributed by atoms with Gasteiger partial charge in [-0.1, -0.05) is 26.2 Å². The molecular formula is C11H18OS. The second kappa shape index (κ2) is 6.17. The van der Waals surface area contributed by atoms with E-state index in [9.17, 15) is 5.11 Å². The highest BCUT2D eigenvalue weighted by atomic mass is 32.1. The minimum Gasteiger partial charge on any atom is -0.393 e. The summed E-state index contributed by atoms with van der Waals surface area (Å²) in [4.78, 5) is 0. The Morgan fingerprint density at radius 2 is 2.31 bits per heavy atom. The largest absolute Gasteiger partial charge is 0.393 e. The molecule has 74 valence electrons. The minimum absolute atomic E-state index is 0.138. The minimum atomic E-state index is -0.138. The standard InChI is InChI=1S/C11H18OS/c1-2-3-4-5-11(12)8-10-6-7-13-9-10/h6-7,9,11-12H,2-5,8H2,1H3. The van der Waals surface area contributed by atoms with Crippen molar-refractivity contribution in [2.75, 3.05) is 0 Å². The van der Waals surface area contributed by atoms with Gasteiger partial charge in [-0.05, 0) is 35.2 Å². The molecule has 0 aliphatic carbocycles. The number of hydrogen-bond donors (Lipinski definition) is 1. The van der Waals surface area contributed by atoms with Crippen molar-refractivity contribution in [2.24, 2.45) is 0 Å². The highest BCUT2D eigenvalue weighted by Crippen LogP contribution is 2.12. The lowest BCUT2D eigenvalue weighted by Gasteiger charge is -2.08. The molecule has 0 fully saturated rings. The number of hydrogen-bond acceptors (Lipinski definition) is 2. The molecule has 1 rings (SSSR count). The van der Waals surface area contributed by atoms with Crippen LogP contribution in [0.1, 0.15) is 38.2 Å². The van der Waals surface area contributed by atoms with Gasteiger partial charge < -0.3 is 5.11 Å². The smallest absolute Gasteiger partial charge is 0.0580 e. The predicted octanol–water partition coefficient (Wildman–Crippen LogP) is 3.23. The van der Waals surface area contributed by atoms with Gasteiger partial charge in [-0.25, -0.2) is 0 Å². The Morgan fingerprint density at radius 1 is 1.46 bits per heavy atom. The van der Waals surface area contributed by atoms with Crippen LogP contribution < -0.4 is 0 Å². The molecule has 0 spiro atoms. The van der Waals surface area contributed by atoms with Crippen LogP contribution in [-0.4, -0.2) is 11.2 Å². The summed E-state index contributed by atoms with van der Waals surface area (Å²) in [6.45, 7) is 2.19. The summed E-state index contributed by atoms with van der Waals surface area (Å²) in [5.41, 5.74) is 1.27. The van der Waals surface area contributed by atoms with Gasteiger partial charge >= 0.3 is 0 Å². The van der Waals surface area contributed by atoms with Crippen LogP contribution in [0.5, 0.6) is 0 Å². The molecule has 1 N–H and O–H groups in total. The molecule has 1 atom stereocenters. The maximum Gasteiger partial charge on any atom is 0.0580 e. The van der Waals surface area contributed by atoms with E-state index in [-0.39, 0.29) is 6.10 Å². The first-order valence-corrected chi connectivity index (χ1v) is 5.96. The van der Waals surface area contributed by atoms with Crippen molar-refractivity contribution in [1.29, 1.82) is 0 Å². The van der Waals surface area contributed by atoms with Gasteiger partial charge in [0.25, 0.3) is 0 Å². The van der Waals surface area contributed by atoms with Crippen LogP contribution >= 0.6 is 11.3 Å². The Balaban J connectivity index is 2.14. The summed E-state index contributed by atoms with van der Waals surface area (Å²) in [6, 6.07) is 2.09. The van der Waals surface area contributed by atoms with Crippen molar-refractivity contribution in [3.05, 3.63) is 22.4 Å². The van der Waals surface area contributed by atoms with Crippen molar-refractivity contribution >= 4 is 11.3 Å². The lowest BCUT2D eigenvalue weighted by molar-refractivity contribution is 0.161. The van der Waals surface area contributed by atoms with Crippen LogP contribution in [0.15, 0.2) is 16.8 Å². The van der Waals surface area contributed by atoms with E-state index in [0.717, 1.165) is 19.3 Å². The maximum absolute atomic E-state index is 9.65. The van der Waals surface area contributed by atoms with Crippen LogP contribution in [0.25, 0.3) is 0 Å². The Bertz CT molecular complexity index is 206. The lowest BCUT2D eigenvalue weighted by Crippen LogP contribution is -2.09. The summed E-state index contributed by atoms with van der Waals surface area (Å²) in [5, 5.41) is 13.8. The molecule has 0 saturated carbocycles. The Labute approximate surface area is 84.4 Å². The monoisotopic (exact) mass is 198 g/mol. The van der Waals surface area contributed by atoms with E-state index in [1.807, 2.05) is 0 Å². The van der Waals surface area contributed by atoms with Crippen LogP contribution in [0.2, 0.25) is 0 Å². The Morgan fingerprint density at radius 3 is 2.92 bits per heavy atom. The van der Waals surface area contributed by atoms with Crippen molar-refractivity contribution in [2.45, 2.75) is 45.1 Å². The van der Waals surface area contributed by atoms with Gasteiger partial charge in [-0.3, -0.25) is 0 Å². The topological polar surface area (TPSA) is 20.2 Å². The van der Waals surface area contributed by atoms with Gasteiger partial charge in [-0.2, -0.15) is 11.3 Å². The van der Waals surface area contributed by atoms with Crippen molar-refractivity contribution in [3.63, 3.8) is 0 Å². The molecule has 0 aliphatic heterocycles. The molecule has 1 aromatic heterocycles. The third-order valence-corrected chi connectivity index (χ3v) is 2.92. The van der Waals surface area contributed by atoms with Gasteiger partial charge in [-0.15, -0.1) is 0 Å². The van der Waals surface area contributed by atoms with Crippen molar-refractivity contribution < 1.29 is 5.11 Å². The predicted molar refractivity (Wildman–Crippen MR) is 58.2 cm³/mol. The SMILES string of the molecule is CCCCCC(O)Cc1ccsc1. The van der Waals surface area contributed by atoms with E-state index in [1.54, 1.807) is 11.3 Å². The maximum atomic E-state index is 9.65. The summed E-state index contributed by atoms with van der Waals surface area (Å²) in [6.07, 6.45) is 5.26. The molecule has 2 heteroatoms. The van der Waals surface area contributed by atoms with E-state index in [2.05, 4.69) is 23.8 Å². The third kappa shape index (κ3) is 4.44. The fourth-order valence-electron chi connectivity index (χ4n) is 1.41. The fourth-order valence-corrected chi connectivity index (χ4v) is 2.09. The normalized spacial score (nSPS) is 13.1. The molecular weight excluding hydrogens is 180 g/mol. The van der Waals surface area contributed by atoms with E-state index in [4.69, 9.17) is 0 Å². The molecule has 1 aromatic rings. The van der Waals surface area contributed by atoms with Crippen molar-refractivity contribution in [3.8, 4) is 0 Å². The van der Waals surface area contributed by atoms with E-state index >= 15 is 0 Å². The van der Waals surface area contributed by atoms with Crippen molar-refractivity contribution in [1.82, 2.24) is 0 Å². The van der Waals surface area contributed by atoms with Gasteiger partial charge in [0.05, 0.1) is 6.10 Å². The molecule has 1 nitrogen and oxygen atoms in total. The zero-order valence-corrected chi connectivity index (χ0v) is 9.02. The van der Waals surface area contributed by atoms with Crippen LogP contribution in [0, 0.1) is 0 Å². The second-order valence-corrected chi connectivity index (χ2v) is 4.27. The van der Waals surface area contributed by atoms with Gasteiger partial charge in [0.1, 0.15) is 0 Å². The van der Waals surface area contributed by atoms with Gasteiger partial charge in [0, 0.05) is 0 Å².